The number of carbonyl (C=O) groups excluding carboxylic acids is 2. The highest BCUT2D eigenvalue weighted by atomic mass is 16.5. The molecule has 7 nitrogen and oxygen atoms in total. The predicted octanol–water partition coefficient (Wildman–Crippen LogP) is 1.51. The van der Waals surface area contributed by atoms with Crippen molar-refractivity contribution >= 4 is 23.5 Å². The molecule has 0 spiro atoms. The van der Waals surface area contributed by atoms with Crippen LogP contribution in [0.15, 0.2) is 24.3 Å². The summed E-state index contributed by atoms with van der Waals surface area (Å²) >= 11 is 0. The molecule has 0 bridgehead atoms. The largest absolute Gasteiger partial charge is 0.481 e. The van der Waals surface area contributed by atoms with E-state index in [1.807, 2.05) is 12.1 Å². The van der Waals surface area contributed by atoms with Gasteiger partial charge in [-0.25, -0.2) is 0 Å². The van der Waals surface area contributed by atoms with Crippen LogP contribution >= 0.6 is 0 Å². The Bertz CT molecular complexity index is 631. The number of amides is 2. The second-order valence-corrected chi connectivity index (χ2v) is 5.58. The van der Waals surface area contributed by atoms with Gasteiger partial charge in [-0.05, 0) is 26.0 Å². The standard InChI is InChI=1S/C17H22N2O5/c1-3-18(10-9-16(21)22)15(20)8-11-19-13-6-4-5-7-14(13)24-12(2)17(19)23/h4-7,12H,3,8-11H2,1-2H3,(H,21,22). The predicted molar refractivity (Wildman–Crippen MR) is 88.0 cm³/mol. The lowest BCUT2D eigenvalue weighted by Gasteiger charge is -2.33. The monoisotopic (exact) mass is 334 g/mol. The molecule has 0 saturated heterocycles. The summed E-state index contributed by atoms with van der Waals surface area (Å²) in [5.74, 6) is -0.666. The molecule has 130 valence electrons. The Morgan fingerprint density at radius 2 is 2.00 bits per heavy atom. The molecule has 1 aliphatic heterocycles. The molecule has 1 atom stereocenters. The fraction of sp³-hybridized carbons (Fsp3) is 0.471. The number of hydrogen-bond acceptors (Lipinski definition) is 4. The first-order valence-electron chi connectivity index (χ1n) is 8.00. The van der Waals surface area contributed by atoms with E-state index < -0.39 is 12.1 Å². The minimum absolute atomic E-state index is 0.0874. The fourth-order valence-electron chi connectivity index (χ4n) is 2.64. The fourth-order valence-corrected chi connectivity index (χ4v) is 2.64. The van der Waals surface area contributed by atoms with E-state index >= 15 is 0 Å². The van der Waals surface area contributed by atoms with Gasteiger partial charge in [-0.3, -0.25) is 14.4 Å². The number of carbonyl (C=O) groups is 3. The van der Waals surface area contributed by atoms with Gasteiger partial charge in [0.25, 0.3) is 5.91 Å². The quantitative estimate of drug-likeness (QED) is 0.817. The van der Waals surface area contributed by atoms with Crippen molar-refractivity contribution in [2.45, 2.75) is 32.8 Å². The summed E-state index contributed by atoms with van der Waals surface area (Å²) in [5.41, 5.74) is 0.655. The van der Waals surface area contributed by atoms with E-state index in [1.54, 1.807) is 30.9 Å². The molecular weight excluding hydrogens is 312 g/mol. The number of benzene rings is 1. The molecule has 0 aromatic heterocycles. The van der Waals surface area contributed by atoms with E-state index in [-0.39, 0.29) is 37.7 Å². The van der Waals surface area contributed by atoms with Crippen LogP contribution in [0.5, 0.6) is 5.75 Å². The van der Waals surface area contributed by atoms with Crippen molar-refractivity contribution in [1.29, 1.82) is 0 Å². The summed E-state index contributed by atoms with van der Waals surface area (Å²) in [4.78, 5) is 38.4. The molecule has 1 unspecified atom stereocenters. The number of carboxylic acids is 1. The Kier molecular flexibility index (Phi) is 5.78. The highest BCUT2D eigenvalue weighted by molar-refractivity contribution is 6.00. The number of nitrogens with zero attached hydrogens (tertiary/aromatic N) is 2. The molecule has 24 heavy (non-hydrogen) atoms. The van der Waals surface area contributed by atoms with Crippen LogP contribution in [-0.2, 0) is 14.4 Å². The van der Waals surface area contributed by atoms with Gasteiger partial charge < -0.3 is 19.6 Å². The van der Waals surface area contributed by atoms with E-state index in [0.29, 0.717) is 18.0 Å². The summed E-state index contributed by atoms with van der Waals surface area (Å²) in [7, 11) is 0. The van der Waals surface area contributed by atoms with Crippen LogP contribution in [0.2, 0.25) is 0 Å². The Hall–Kier alpha value is -2.57. The third-order valence-electron chi connectivity index (χ3n) is 3.95. The normalized spacial score (nSPS) is 16.3. The average molecular weight is 334 g/mol. The van der Waals surface area contributed by atoms with Gasteiger partial charge in [0, 0.05) is 26.1 Å². The Labute approximate surface area is 140 Å². The SMILES string of the molecule is CCN(CCC(=O)O)C(=O)CCN1C(=O)C(C)Oc2ccccc21. The highest BCUT2D eigenvalue weighted by Gasteiger charge is 2.31. The van der Waals surface area contributed by atoms with Crippen molar-refractivity contribution in [3.8, 4) is 5.75 Å². The molecule has 2 rings (SSSR count). The lowest BCUT2D eigenvalue weighted by Crippen LogP contribution is -2.46. The molecule has 1 heterocycles. The molecular formula is C17H22N2O5. The number of ether oxygens (including phenoxy) is 1. The summed E-state index contributed by atoms with van der Waals surface area (Å²) in [5, 5.41) is 8.74. The van der Waals surface area contributed by atoms with Crippen LogP contribution in [0.4, 0.5) is 5.69 Å². The van der Waals surface area contributed by atoms with Crippen molar-refractivity contribution in [2.75, 3.05) is 24.5 Å². The van der Waals surface area contributed by atoms with Crippen LogP contribution in [0.25, 0.3) is 0 Å². The van der Waals surface area contributed by atoms with Gasteiger partial charge >= 0.3 is 5.97 Å². The van der Waals surface area contributed by atoms with E-state index in [2.05, 4.69) is 0 Å². The Morgan fingerprint density at radius 1 is 1.29 bits per heavy atom. The third-order valence-corrected chi connectivity index (χ3v) is 3.95. The lowest BCUT2D eigenvalue weighted by atomic mass is 10.1. The molecule has 1 aromatic rings. The van der Waals surface area contributed by atoms with Crippen LogP contribution in [-0.4, -0.2) is 53.5 Å². The first kappa shape index (κ1) is 17.8. The topological polar surface area (TPSA) is 87.2 Å². The van der Waals surface area contributed by atoms with Crippen LogP contribution < -0.4 is 9.64 Å². The van der Waals surface area contributed by atoms with Gasteiger partial charge in [0.15, 0.2) is 6.10 Å². The third kappa shape index (κ3) is 4.04. The van der Waals surface area contributed by atoms with Gasteiger partial charge in [0.2, 0.25) is 5.91 Å². The Balaban J connectivity index is 2.03. The smallest absolute Gasteiger partial charge is 0.305 e. The van der Waals surface area contributed by atoms with Gasteiger partial charge in [0.1, 0.15) is 5.75 Å². The summed E-state index contributed by atoms with van der Waals surface area (Å²) < 4.78 is 5.56. The average Bonchev–Trinajstić information content (AvgIpc) is 2.55. The zero-order chi connectivity index (χ0) is 17.7. The number of anilines is 1. The highest BCUT2D eigenvalue weighted by Crippen LogP contribution is 2.33. The number of rotatable bonds is 7. The van der Waals surface area contributed by atoms with Crippen molar-refractivity contribution in [2.24, 2.45) is 0 Å². The molecule has 1 N–H and O–H groups in total. The van der Waals surface area contributed by atoms with E-state index in [1.165, 1.54) is 4.90 Å². The molecule has 7 heteroatoms. The van der Waals surface area contributed by atoms with E-state index in [4.69, 9.17) is 9.84 Å². The van der Waals surface area contributed by atoms with E-state index in [9.17, 15) is 14.4 Å². The molecule has 1 aliphatic rings. The molecule has 2 amide bonds. The van der Waals surface area contributed by atoms with Crippen molar-refractivity contribution in [1.82, 2.24) is 4.90 Å². The number of aliphatic carboxylic acids is 1. The van der Waals surface area contributed by atoms with Gasteiger partial charge in [-0.2, -0.15) is 0 Å². The van der Waals surface area contributed by atoms with E-state index in [0.717, 1.165) is 0 Å². The van der Waals surface area contributed by atoms with Crippen LogP contribution in [0, 0.1) is 0 Å². The molecule has 1 aromatic carbocycles. The number of fused-ring (bicyclic) bond motifs is 1. The summed E-state index contributed by atoms with van der Waals surface area (Å²) in [6.45, 7) is 4.34. The maximum atomic E-state index is 12.4. The minimum atomic E-state index is -0.938. The molecule has 0 fully saturated rings. The van der Waals surface area contributed by atoms with Crippen LogP contribution in [0.3, 0.4) is 0 Å². The lowest BCUT2D eigenvalue weighted by molar-refractivity contribution is -0.138. The summed E-state index contributed by atoms with van der Waals surface area (Å²) in [6.07, 6.45) is -0.541. The summed E-state index contributed by atoms with van der Waals surface area (Å²) in [6, 6.07) is 7.21. The van der Waals surface area contributed by atoms with Gasteiger partial charge in [-0.1, -0.05) is 12.1 Å². The molecule has 0 aliphatic carbocycles. The van der Waals surface area contributed by atoms with Gasteiger partial charge in [-0.15, -0.1) is 0 Å². The van der Waals surface area contributed by atoms with Crippen molar-refractivity contribution < 1.29 is 24.2 Å². The zero-order valence-electron chi connectivity index (χ0n) is 13.9. The zero-order valence-corrected chi connectivity index (χ0v) is 13.9. The van der Waals surface area contributed by atoms with Gasteiger partial charge in [0.05, 0.1) is 12.1 Å². The number of carboxylic acid groups (broad SMARTS) is 1. The minimum Gasteiger partial charge on any atom is -0.481 e. The Morgan fingerprint density at radius 3 is 2.67 bits per heavy atom. The van der Waals surface area contributed by atoms with Crippen molar-refractivity contribution in [3.05, 3.63) is 24.3 Å². The first-order valence-corrected chi connectivity index (χ1v) is 8.00. The van der Waals surface area contributed by atoms with Crippen LogP contribution in [0.1, 0.15) is 26.7 Å². The molecule has 0 radical (unpaired) electrons. The number of hydrogen-bond donors (Lipinski definition) is 1. The van der Waals surface area contributed by atoms with Crippen molar-refractivity contribution in [3.63, 3.8) is 0 Å². The molecule has 0 saturated carbocycles. The maximum absolute atomic E-state index is 12.4. The number of para-hydroxylation sites is 2. The maximum Gasteiger partial charge on any atom is 0.305 e. The first-order chi connectivity index (χ1) is 11.4. The second kappa shape index (κ2) is 7.81. The second-order valence-electron chi connectivity index (χ2n) is 5.58.